The highest BCUT2D eigenvalue weighted by Gasteiger charge is 2.08. The minimum atomic E-state index is -1.11. The SMILES string of the molecule is O=C(O)c1ccc(NCc2csc(=O)[nH]2)o1. The molecule has 84 valence electrons. The number of hydrogen-bond donors (Lipinski definition) is 3. The summed E-state index contributed by atoms with van der Waals surface area (Å²) in [5.41, 5.74) is 0.725. The van der Waals surface area contributed by atoms with Gasteiger partial charge in [-0.3, -0.25) is 4.79 Å². The van der Waals surface area contributed by atoms with Crippen LogP contribution in [-0.2, 0) is 6.54 Å². The van der Waals surface area contributed by atoms with Gasteiger partial charge < -0.3 is 19.8 Å². The van der Waals surface area contributed by atoms with Gasteiger partial charge in [0.05, 0.1) is 6.54 Å². The third-order valence-corrected chi connectivity index (χ3v) is 2.56. The molecule has 0 unspecified atom stereocenters. The third kappa shape index (κ3) is 2.31. The van der Waals surface area contributed by atoms with Gasteiger partial charge in [-0.25, -0.2) is 4.79 Å². The Kier molecular flexibility index (Phi) is 2.78. The number of carboxylic acids is 1. The van der Waals surface area contributed by atoms with Crippen molar-refractivity contribution in [3.05, 3.63) is 38.6 Å². The van der Waals surface area contributed by atoms with Crippen LogP contribution in [0.25, 0.3) is 0 Å². The Bertz CT molecular complexity index is 554. The summed E-state index contributed by atoms with van der Waals surface area (Å²) in [5, 5.41) is 13.2. The fourth-order valence-electron chi connectivity index (χ4n) is 1.13. The Morgan fingerprint density at radius 1 is 1.56 bits per heavy atom. The fraction of sp³-hybridized carbons (Fsp3) is 0.111. The Morgan fingerprint density at radius 2 is 2.38 bits per heavy atom. The summed E-state index contributed by atoms with van der Waals surface area (Å²) in [6, 6.07) is 2.88. The number of hydrogen-bond acceptors (Lipinski definition) is 5. The molecule has 0 atom stereocenters. The molecule has 16 heavy (non-hydrogen) atoms. The summed E-state index contributed by atoms with van der Waals surface area (Å²) in [6.07, 6.45) is 0. The van der Waals surface area contributed by atoms with Gasteiger partial charge in [0.1, 0.15) is 0 Å². The molecule has 0 spiro atoms. The average Bonchev–Trinajstić information content (AvgIpc) is 2.83. The Hall–Kier alpha value is -2.02. The maximum atomic E-state index is 10.8. The van der Waals surface area contributed by atoms with Crippen molar-refractivity contribution < 1.29 is 14.3 Å². The second-order valence-electron chi connectivity index (χ2n) is 3.00. The van der Waals surface area contributed by atoms with Crippen LogP contribution in [0.15, 0.2) is 26.7 Å². The minimum Gasteiger partial charge on any atom is -0.475 e. The van der Waals surface area contributed by atoms with Crippen LogP contribution in [0.2, 0.25) is 0 Å². The van der Waals surface area contributed by atoms with E-state index in [-0.39, 0.29) is 10.6 Å². The number of rotatable bonds is 4. The molecule has 0 saturated heterocycles. The van der Waals surface area contributed by atoms with Gasteiger partial charge in [0.2, 0.25) is 5.76 Å². The summed E-state index contributed by atoms with van der Waals surface area (Å²) in [4.78, 5) is 23.8. The van der Waals surface area contributed by atoms with Gasteiger partial charge in [-0.2, -0.15) is 0 Å². The van der Waals surface area contributed by atoms with Crippen molar-refractivity contribution in [2.75, 3.05) is 5.32 Å². The Morgan fingerprint density at radius 3 is 2.94 bits per heavy atom. The normalized spacial score (nSPS) is 10.2. The van der Waals surface area contributed by atoms with E-state index < -0.39 is 5.97 Å². The number of aromatic amines is 1. The highest BCUT2D eigenvalue weighted by molar-refractivity contribution is 7.07. The smallest absolute Gasteiger partial charge is 0.371 e. The summed E-state index contributed by atoms with van der Waals surface area (Å²) in [6.45, 7) is 0.380. The molecule has 0 aliphatic carbocycles. The first kappa shape index (κ1) is 10.5. The monoisotopic (exact) mass is 240 g/mol. The van der Waals surface area contributed by atoms with Crippen LogP contribution in [0, 0.1) is 0 Å². The van der Waals surface area contributed by atoms with E-state index in [1.807, 2.05) is 0 Å². The lowest BCUT2D eigenvalue weighted by Crippen LogP contribution is -2.02. The van der Waals surface area contributed by atoms with Crippen molar-refractivity contribution in [2.45, 2.75) is 6.54 Å². The van der Waals surface area contributed by atoms with Crippen LogP contribution < -0.4 is 10.2 Å². The summed E-state index contributed by atoms with van der Waals surface area (Å²) >= 11 is 1.07. The highest BCUT2D eigenvalue weighted by atomic mass is 32.1. The van der Waals surface area contributed by atoms with E-state index in [0.29, 0.717) is 12.4 Å². The zero-order chi connectivity index (χ0) is 11.5. The Balaban J connectivity index is 1.99. The predicted molar refractivity (Wildman–Crippen MR) is 57.9 cm³/mol. The molecular formula is C9H8N2O4S. The minimum absolute atomic E-state index is 0.123. The van der Waals surface area contributed by atoms with E-state index in [0.717, 1.165) is 17.0 Å². The van der Waals surface area contributed by atoms with Crippen LogP contribution in [0.1, 0.15) is 16.2 Å². The van der Waals surface area contributed by atoms with Crippen molar-refractivity contribution in [1.29, 1.82) is 0 Å². The molecule has 0 radical (unpaired) electrons. The van der Waals surface area contributed by atoms with E-state index in [1.54, 1.807) is 5.38 Å². The molecule has 0 aliphatic rings. The number of aromatic carboxylic acids is 1. The van der Waals surface area contributed by atoms with Crippen LogP contribution in [0.4, 0.5) is 5.88 Å². The largest absolute Gasteiger partial charge is 0.475 e. The molecule has 2 aromatic heterocycles. The lowest BCUT2D eigenvalue weighted by Gasteiger charge is -1.99. The van der Waals surface area contributed by atoms with E-state index in [9.17, 15) is 9.59 Å². The van der Waals surface area contributed by atoms with Gasteiger partial charge in [0, 0.05) is 17.1 Å². The number of carbonyl (C=O) groups is 1. The molecule has 0 bridgehead atoms. The summed E-state index contributed by atoms with van der Waals surface area (Å²) < 4.78 is 4.97. The van der Waals surface area contributed by atoms with Gasteiger partial charge in [-0.15, -0.1) is 0 Å². The van der Waals surface area contributed by atoms with Crippen molar-refractivity contribution in [3.8, 4) is 0 Å². The number of aromatic nitrogens is 1. The quantitative estimate of drug-likeness (QED) is 0.749. The van der Waals surface area contributed by atoms with E-state index in [2.05, 4.69) is 10.3 Å². The first-order valence-corrected chi connectivity index (χ1v) is 5.27. The fourth-order valence-corrected chi connectivity index (χ4v) is 1.71. The molecule has 0 fully saturated rings. The van der Waals surface area contributed by atoms with Gasteiger partial charge in [0.15, 0.2) is 5.88 Å². The van der Waals surface area contributed by atoms with Crippen LogP contribution in [0.5, 0.6) is 0 Å². The number of H-pyrrole nitrogens is 1. The maximum absolute atomic E-state index is 10.8. The van der Waals surface area contributed by atoms with Crippen molar-refractivity contribution >= 4 is 23.2 Å². The summed E-state index contributed by atoms with van der Waals surface area (Å²) in [5.74, 6) is -0.886. The van der Waals surface area contributed by atoms with Crippen LogP contribution in [0.3, 0.4) is 0 Å². The molecule has 3 N–H and O–H groups in total. The summed E-state index contributed by atoms with van der Waals surface area (Å²) in [7, 11) is 0. The van der Waals surface area contributed by atoms with Gasteiger partial charge in [-0.05, 0) is 6.07 Å². The second kappa shape index (κ2) is 4.23. The zero-order valence-corrected chi connectivity index (χ0v) is 8.84. The van der Waals surface area contributed by atoms with E-state index in [4.69, 9.17) is 9.52 Å². The number of carboxylic acid groups (broad SMARTS) is 1. The predicted octanol–water partition coefficient (Wildman–Crippen LogP) is 1.34. The van der Waals surface area contributed by atoms with Crippen molar-refractivity contribution in [1.82, 2.24) is 4.98 Å². The molecule has 2 rings (SSSR count). The first-order chi connectivity index (χ1) is 7.65. The lowest BCUT2D eigenvalue weighted by molar-refractivity contribution is 0.0663. The van der Waals surface area contributed by atoms with Crippen LogP contribution >= 0.6 is 11.3 Å². The molecule has 6 nitrogen and oxygen atoms in total. The third-order valence-electron chi connectivity index (χ3n) is 1.84. The van der Waals surface area contributed by atoms with Crippen molar-refractivity contribution in [3.63, 3.8) is 0 Å². The molecule has 0 saturated carbocycles. The second-order valence-corrected chi connectivity index (χ2v) is 3.84. The van der Waals surface area contributed by atoms with Crippen LogP contribution in [-0.4, -0.2) is 16.1 Å². The van der Waals surface area contributed by atoms with Crippen molar-refractivity contribution in [2.24, 2.45) is 0 Å². The number of anilines is 1. The molecular weight excluding hydrogens is 232 g/mol. The molecule has 2 heterocycles. The van der Waals surface area contributed by atoms with Gasteiger partial charge >= 0.3 is 10.8 Å². The number of furan rings is 1. The van der Waals surface area contributed by atoms with Gasteiger partial charge in [0.25, 0.3) is 0 Å². The number of nitrogens with one attached hydrogen (secondary N) is 2. The van der Waals surface area contributed by atoms with E-state index in [1.165, 1.54) is 12.1 Å². The molecule has 0 aromatic carbocycles. The maximum Gasteiger partial charge on any atom is 0.371 e. The molecule has 0 aliphatic heterocycles. The first-order valence-electron chi connectivity index (χ1n) is 4.39. The van der Waals surface area contributed by atoms with Gasteiger partial charge in [-0.1, -0.05) is 11.3 Å². The standard InChI is InChI=1S/C9H8N2O4S/c12-8(13)6-1-2-7(15-6)10-3-5-4-16-9(14)11-5/h1-2,4,10H,3H2,(H,11,14)(H,12,13). The zero-order valence-electron chi connectivity index (χ0n) is 8.02. The highest BCUT2D eigenvalue weighted by Crippen LogP contribution is 2.13. The molecule has 0 amide bonds. The average molecular weight is 240 g/mol. The topological polar surface area (TPSA) is 95.3 Å². The number of thiazole rings is 1. The Labute approximate surface area is 93.5 Å². The molecule has 7 heteroatoms. The lowest BCUT2D eigenvalue weighted by atomic mass is 10.4. The molecule has 2 aromatic rings. The van der Waals surface area contributed by atoms with E-state index >= 15 is 0 Å².